The smallest absolute Gasteiger partial charge is 0.263 e. The molecule has 9 heteroatoms. The van der Waals surface area contributed by atoms with Gasteiger partial charge >= 0.3 is 0 Å². The summed E-state index contributed by atoms with van der Waals surface area (Å²) in [5.41, 5.74) is 3.36. The number of amides is 1. The molecule has 2 aromatic rings. The second kappa shape index (κ2) is 6.51. The molecule has 2 N–H and O–H groups in total. The maximum Gasteiger partial charge on any atom is 0.263 e. The third kappa shape index (κ3) is 2.97. The normalized spacial score (nSPS) is 22.7. The predicted octanol–water partition coefficient (Wildman–Crippen LogP) is 2.31. The monoisotopic (exact) mass is 410 g/mol. The average molecular weight is 411 g/mol. The van der Waals surface area contributed by atoms with Crippen LogP contribution in [0.15, 0.2) is 27.5 Å². The predicted molar refractivity (Wildman–Crippen MR) is 102 cm³/mol. The van der Waals surface area contributed by atoms with E-state index in [1.807, 2.05) is 0 Å². The van der Waals surface area contributed by atoms with Crippen molar-refractivity contribution in [3.05, 3.63) is 29.5 Å². The van der Waals surface area contributed by atoms with Crippen LogP contribution in [-0.2, 0) is 27.7 Å². The first kappa shape index (κ1) is 18.8. The summed E-state index contributed by atoms with van der Waals surface area (Å²) in [6, 6.07) is 3.91. The Morgan fingerprint density at radius 2 is 2.15 bits per heavy atom. The van der Waals surface area contributed by atoms with E-state index in [1.54, 1.807) is 37.5 Å². The molecule has 27 heavy (non-hydrogen) atoms. The van der Waals surface area contributed by atoms with Crippen molar-refractivity contribution in [1.29, 1.82) is 0 Å². The van der Waals surface area contributed by atoms with Crippen LogP contribution < -0.4 is 5.48 Å². The van der Waals surface area contributed by atoms with Gasteiger partial charge in [0.2, 0.25) is 10.0 Å². The van der Waals surface area contributed by atoms with Crippen molar-refractivity contribution in [2.45, 2.75) is 48.8 Å². The van der Waals surface area contributed by atoms with Gasteiger partial charge in [0, 0.05) is 40.5 Å². The van der Waals surface area contributed by atoms with E-state index in [0.717, 1.165) is 30.4 Å². The van der Waals surface area contributed by atoms with E-state index in [2.05, 4.69) is 0 Å². The minimum atomic E-state index is -3.93. The van der Waals surface area contributed by atoms with Gasteiger partial charge in [-0.3, -0.25) is 10.0 Å². The van der Waals surface area contributed by atoms with Crippen LogP contribution in [-0.4, -0.2) is 46.9 Å². The number of benzene rings is 1. The fourth-order valence-electron chi connectivity index (χ4n) is 4.10. The first-order valence-electron chi connectivity index (χ1n) is 8.90. The van der Waals surface area contributed by atoms with Gasteiger partial charge in [-0.1, -0.05) is 0 Å². The molecule has 0 radical (unpaired) electrons. The molecule has 146 valence electrons. The quantitative estimate of drug-likeness (QED) is 0.595. The zero-order chi connectivity index (χ0) is 19.4. The summed E-state index contributed by atoms with van der Waals surface area (Å²) in [6.07, 6.45) is 2.88. The summed E-state index contributed by atoms with van der Waals surface area (Å²) in [6.45, 7) is 3.81. The first-order chi connectivity index (χ1) is 12.8. The number of aryl methyl sites for hydroxylation is 2. The van der Waals surface area contributed by atoms with Gasteiger partial charge in [0.15, 0.2) is 0 Å². The lowest BCUT2D eigenvalue weighted by Gasteiger charge is -2.43. The highest BCUT2D eigenvalue weighted by Gasteiger charge is 2.48. The first-order valence-corrected chi connectivity index (χ1v) is 11.3. The van der Waals surface area contributed by atoms with Gasteiger partial charge in [-0.2, -0.15) is 16.1 Å². The lowest BCUT2D eigenvalue weighted by molar-refractivity contribution is -0.134. The van der Waals surface area contributed by atoms with Crippen molar-refractivity contribution in [1.82, 2.24) is 9.79 Å². The van der Waals surface area contributed by atoms with Crippen LogP contribution in [0.2, 0.25) is 0 Å². The molecular weight excluding hydrogens is 388 g/mol. The second-order valence-electron chi connectivity index (χ2n) is 7.46. The Kier molecular flexibility index (Phi) is 4.53. The molecule has 1 amide bonds. The van der Waals surface area contributed by atoms with Crippen LogP contribution in [0.4, 0.5) is 0 Å². The van der Waals surface area contributed by atoms with Crippen molar-refractivity contribution in [2.24, 2.45) is 0 Å². The van der Waals surface area contributed by atoms with Crippen LogP contribution >= 0.6 is 11.8 Å². The van der Waals surface area contributed by atoms with E-state index in [1.165, 1.54) is 21.6 Å². The molecule has 1 fully saturated rings. The Hall–Kier alpha value is -1.55. The van der Waals surface area contributed by atoms with E-state index < -0.39 is 26.7 Å². The zero-order valence-electron chi connectivity index (χ0n) is 15.2. The zero-order valence-corrected chi connectivity index (χ0v) is 16.8. The van der Waals surface area contributed by atoms with Crippen molar-refractivity contribution in [3.8, 4) is 0 Å². The fourth-order valence-corrected chi connectivity index (χ4v) is 7.22. The van der Waals surface area contributed by atoms with E-state index in [0.29, 0.717) is 11.3 Å². The second-order valence-corrected chi connectivity index (χ2v) is 11.1. The molecule has 1 unspecified atom stereocenters. The van der Waals surface area contributed by atoms with Crippen molar-refractivity contribution < 1.29 is 22.8 Å². The van der Waals surface area contributed by atoms with Crippen LogP contribution in [0.5, 0.6) is 0 Å². The minimum absolute atomic E-state index is 0.0980. The molecule has 1 aliphatic carbocycles. The Balaban J connectivity index is 1.77. The maximum absolute atomic E-state index is 13.3. The van der Waals surface area contributed by atoms with Crippen LogP contribution in [0, 0.1) is 0 Å². The largest absolute Gasteiger partial charge is 0.461 e. The molecule has 0 spiro atoms. The van der Waals surface area contributed by atoms with Gasteiger partial charge in [-0.15, -0.1) is 0 Å². The highest BCUT2D eigenvalue weighted by Crippen LogP contribution is 2.39. The SMILES string of the molecule is CC1(C)SCCN(S(=O)(=O)c2ccc3c4c(oc3c2)CCC4)C1C(=O)NO. The number of thioether (sulfide) groups is 1. The van der Waals surface area contributed by atoms with Crippen LogP contribution in [0.25, 0.3) is 11.0 Å². The maximum atomic E-state index is 13.3. The molecule has 1 aromatic heterocycles. The summed E-state index contributed by atoms with van der Waals surface area (Å²) in [7, 11) is -3.93. The van der Waals surface area contributed by atoms with Gasteiger partial charge in [0.25, 0.3) is 5.91 Å². The molecule has 1 aromatic carbocycles. The highest BCUT2D eigenvalue weighted by molar-refractivity contribution is 8.00. The third-order valence-corrected chi connectivity index (χ3v) is 8.59. The Morgan fingerprint density at radius 3 is 2.89 bits per heavy atom. The number of hydrogen-bond donors (Lipinski definition) is 2. The molecule has 7 nitrogen and oxygen atoms in total. The fraction of sp³-hybridized carbons (Fsp3) is 0.500. The highest BCUT2D eigenvalue weighted by atomic mass is 32.2. The lowest BCUT2D eigenvalue weighted by atomic mass is 10.0. The number of carbonyl (C=O) groups is 1. The number of hydroxylamine groups is 1. The number of sulfonamides is 1. The van der Waals surface area contributed by atoms with Crippen molar-refractivity contribution >= 4 is 38.7 Å². The summed E-state index contributed by atoms with van der Waals surface area (Å²) >= 11 is 1.51. The molecular formula is C18H22N2O5S2. The molecule has 0 bridgehead atoms. The molecule has 2 heterocycles. The van der Waals surface area contributed by atoms with E-state index in [-0.39, 0.29) is 11.4 Å². The Labute approximate surface area is 162 Å². The molecule has 4 rings (SSSR count). The minimum Gasteiger partial charge on any atom is -0.461 e. The number of fused-ring (bicyclic) bond motifs is 3. The van der Waals surface area contributed by atoms with Crippen molar-refractivity contribution in [2.75, 3.05) is 12.3 Å². The van der Waals surface area contributed by atoms with Crippen molar-refractivity contribution in [3.63, 3.8) is 0 Å². The number of rotatable bonds is 3. The number of carbonyl (C=O) groups excluding carboxylic acids is 1. The van der Waals surface area contributed by atoms with Gasteiger partial charge < -0.3 is 4.42 Å². The van der Waals surface area contributed by atoms with Crippen LogP contribution in [0.1, 0.15) is 31.6 Å². The summed E-state index contributed by atoms with van der Waals surface area (Å²) in [4.78, 5) is 12.4. The standard InChI is InChI=1S/C18H22N2O5S2/c1-18(2)16(17(21)19-22)20(8-9-26-18)27(23,24)11-6-7-13-12-4-3-5-14(12)25-15(13)10-11/h6-7,10,16,22H,3-5,8-9H2,1-2H3,(H,19,21). The Bertz CT molecular complexity index is 1010. The topological polar surface area (TPSA) is 99.9 Å². The lowest BCUT2D eigenvalue weighted by Crippen LogP contribution is -2.61. The van der Waals surface area contributed by atoms with Gasteiger partial charge in [-0.25, -0.2) is 13.9 Å². The van der Waals surface area contributed by atoms with Gasteiger partial charge in [0.05, 0.1) is 4.90 Å². The number of hydrogen-bond acceptors (Lipinski definition) is 6. The van der Waals surface area contributed by atoms with E-state index in [9.17, 15) is 13.2 Å². The van der Waals surface area contributed by atoms with Gasteiger partial charge in [-0.05, 0) is 38.8 Å². The summed E-state index contributed by atoms with van der Waals surface area (Å²) in [5.74, 6) is 0.778. The van der Waals surface area contributed by atoms with E-state index >= 15 is 0 Å². The number of nitrogens with one attached hydrogen (secondary N) is 1. The Morgan fingerprint density at radius 1 is 1.37 bits per heavy atom. The van der Waals surface area contributed by atoms with Gasteiger partial charge in [0.1, 0.15) is 17.4 Å². The summed E-state index contributed by atoms with van der Waals surface area (Å²) in [5, 5.41) is 10.1. The molecule has 0 saturated carbocycles. The number of furan rings is 1. The molecule has 2 aliphatic rings. The van der Waals surface area contributed by atoms with E-state index in [4.69, 9.17) is 9.62 Å². The molecule has 1 saturated heterocycles. The molecule has 1 atom stereocenters. The third-order valence-electron chi connectivity index (χ3n) is 5.38. The number of nitrogens with zero attached hydrogens (tertiary/aromatic N) is 1. The molecule has 1 aliphatic heterocycles. The van der Waals surface area contributed by atoms with Crippen LogP contribution in [0.3, 0.4) is 0 Å². The average Bonchev–Trinajstić information content (AvgIpc) is 3.20. The summed E-state index contributed by atoms with van der Waals surface area (Å²) < 4.78 is 33.1.